The van der Waals surface area contributed by atoms with E-state index in [4.69, 9.17) is 13.7 Å². The molecule has 0 heterocycles. The van der Waals surface area contributed by atoms with Gasteiger partial charge in [-0.2, -0.15) is 8.42 Å². The molecule has 0 saturated heterocycles. The van der Waals surface area contributed by atoms with Gasteiger partial charge in [0.1, 0.15) is 4.90 Å². The first-order valence-electron chi connectivity index (χ1n) is 13.4. The van der Waals surface area contributed by atoms with Crippen molar-refractivity contribution in [1.29, 1.82) is 0 Å². The van der Waals surface area contributed by atoms with E-state index < -0.39 is 15.9 Å². The Kier molecular flexibility index (Phi) is 11.7. The van der Waals surface area contributed by atoms with Crippen molar-refractivity contribution < 1.29 is 22.1 Å². The fourth-order valence-corrected chi connectivity index (χ4v) is 6.38. The van der Waals surface area contributed by atoms with Crippen molar-refractivity contribution in [3.8, 4) is 0 Å². The predicted molar refractivity (Wildman–Crippen MR) is 143 cm³/mol. The normalized spacial score (nSPS) is 16.7. The van der Waals surface area contributed by atoms with Gasteiger partial charge in [0, 0.05) is 33.0 Å². The van der Waals surface area contributed by atoms with Crippen LogP contribution in [0, 0.1) is 0 Å². The maximum atomic E-state index is 13.5. The van der Waals surface area contributed by atoms with E-state index >= 15 is 0 Å². The summed E-state index contributed by atoms with van der Waals surface area (Å²) in [6, 6.07) is 4.09. The third-order valence-corrected chi connectivity index (χ3v) is 8.63. The van der Waals surface area contributed by atoms with Crippen molar-refractivity contribution in [1.82, 2.24) is 4.90 Å². The number of likely N-dealkylation sites (N-methyl/N-ethyl adjacent to an activating group) is 1. The number of rotatable bonds is 14. The van der Waals surface area contributed by atoms with Crippen LogP contribution in [0.25, 0.3) is 0 Å². The molecule has 1 aromatic rings. The molecule has 1 saturated carbocycles. The fraction of sp³-hybridized carbons (Fsp3) is 0.786. The second-order valence-electron chi connectivity index (χ2n) is 10.7. The van der Waals surface area contributed by atoms with Gasteiger partial charge in [-0.25, -0.2) is 0 Å². The third kappa shape index (κ3) is 8.26. The van der Waals surface area contributed by atoms with Crippen LogP contribution in [0.3, 0.4) is 0 Å². The van der Waals surface area contributed by atoms with Crippen molar-refractivity contribution in [2.45, 2.75) is 109 Å². The standard InChI is InChI=1S/C28H49NO5S/c1-9-29(15-17-33-28(32-8)13-11-10-12-14-28)16-18-34-35(30,31)27-25(22(4)5)19-24(21(2)3)20-26(27)23(6)7/h19-23H,9-18H2,1-8H3. The van der Waals surface area contributed by atoms with Crippen LogP contribution in [0.4, 0.5) is 0 Å². The molecule has 7 heteroatoms. The van der Waals surface area contributed by atoms with Crippen LogP contribution >= 0.6 is 0 Å². The largest absolute Gasteiger partial charge is 0.353 e. The van der Waals surface area contributed by atoms with Crippen LogP contribution in [0.5, 0.6) is 0 Å². The zero-order valence-corrected chi connectivity index (χ0v) is 24.2. The lowest BCUT2D eigenvalue weighted by atomic mass is 9.89. The molecule has 2 rings (SSSR count). The number of ether oxygens (including phenoxy) is 2. The van der Waals surface area contributed by atoms with Crippen LogP contribution < -0.4 is 0 Å². The Morgan fingerprint density at radius 1 is 0.886 bits per heavy atom. The Balaban J connectivity index is 2.07. The average Bonchev–Trinajstić information content (AvgIpc) is 2.82. The highest BCUT2D eigenvalue weighted by molar-refractivity contribution is 7.86. The van der Waals surface area contributed by atoms with Crippen molar-refractivity contribution in [2.75, 3.05) is 40.0 Å². The summed E-state index contributed by atoms with van der Waals surface area (Å²) < 4.78 is 44.4. The molecule has 35 heavy (non-hydrogen) atoms. The molecule has 0 bridgehead atoms. The summed E-state index contributed by atoms with van der Waals surface area (Å²) in [5, 5.41) is 0. The molecule has 0 radical (unpaired) electrons. The number of methoxy groups -OCH3 is 1. The predicted octanol–water partition coefficient (Wildman–Crippen LogP) is 6.41. The van der Waals surface area contributed by atoms with E-state index in [-0.39, 0.29) is 18.4 Å². The molecule has 1 aliphatic rings. The fourth-order valence-electron chi connectivity index (χ4n) is 4.80. The Morgan fingerprint density at radius 3 is 1.89 bits per heavy atom. The molecule has 0 aliphatic heterocycles. The molecule has 1 aliphatic carbocycles. The molecular formula is C28H49NO5S. The van der Waals surface area contributed by atoms with Crippen LogP contribution in [-0.2, 0) is 23.8 Å². The van der Waals surface area contributed by atoms with Gasteiger partial charge in [0.15, 0.2) is 5.79 Å². The maximum Gasteiger partial charge on any atom is 0.297 e. The molecule has 1 aromatic carbocycles. The lowest BCUT2D eigenvalue weighted by Crippen LogP contribution is -2.40. The summed E-state index contributed by atoms with van der Waals surface area (Å²) in [6.45, 7) is 17.2. The third-order valence-electron chi connectivity index (χ3n) is 7.18. The Hall–Kier alpha value is -0.990. The van der Waals surface area contributed by atoms with Crippen molar-refractivity contribution in [2.24, 2.45) is 0 Å². The topological polar surface area (TPSA) is 65.1 Å². The van der Waals surface area contributed by atoms with Crippen LogP contribution in [-0.4, -0.2) is 59.1 Å². The van der Waals surface area contributed by atoms with Gasteiger partial charge in [0.05, 0.1) is 13.2 Å². The van der Waals surface area contributed by atoms with Gasteiger partial charge in [-0.15, -0.1) is 0 Å². The molecule has 202 valence electrons. The van der Waals surface area contributed by atoms with Crippen molar-refractivity contribution in [3.63, 3.8) is 0 Å². The second kappa shape index (κ2) is 13.5. The average molecular weight is 512 g/mol. The van der Waals surface area contributed by atoms with Crippen molar-refractivity contribution >= 4 is 10.1 Å². The molecule has 0 spiro atoms. The van der Waals surface area contributed by atoms with Gasteiger partial charge in [-0.1, -0.05) is 67.0 Å². The van der Waals surface area contributed by atoms with Gasteiger partial charge >= 0.3 is 0 Å². The highest BCUT2D eigenvalue weighted by atomic mass is 32.2. The van der Waals surface area contributed by atoms with E-state index in [9.17, 15) is 8.42 Å². The molecule has 0 unspecified atom stereocenters. The summed E-state index contributed by atoms with van der Waals surface area (Å²) in [4.78, 5) is 2.52. The number of nitrogens with zero attached hydrogens (tertiary/aromatic N) is 1. The highest BCUT2D eigenvalue weighted by Gasteiger charge is 2.33. The molecule has 0 N–H and O–H groups in total. The molecule has 0 amide bonds. The summed E-state index contributed by atoms with van der Waals surface area (Å²) >= 11 is 0. The second-order valence-corrected chi connectivity index (χ2v) is 12.3. The first-order valence-corrected chi connectivity index (χ1v) is 14.9. The minimum atomic E-state index is -3.89. The number of hydrogen-bond acceptors (Lipinski definition) is 6. The maximum absolute atomic E-state index is 13.5. The monoisotopic (exact) mass is 511 g/mol. The number of hydrogen-bond donors (Lipinski definition) is 0. The van der Waals surface area contributed by atoms with Crippen LogP contribution in [0.1, 0.15) is 115 Å². The van der Waals surface area contributed by atoms with Gasteiger partial charge in [0.25, 0.3) is 10.1 Å². The Bertz CT molecular complexity index is 860. The summed E-state index contributed by atoms with van der Waals surface area (Å²) in [6.07, 6.45) is 5.36. The Labute approximate surface area is 214 Å². The minimum absolute atomic E-state index is 0.0803. The van der Waals surface area contributed by atoms with E-state index in [1.807, 2.05) is 39.8 Å². The summed E-state index contributed by atoms with van der Waals surface area (Å²) in [7, 11) is -2.16. The van der Waals surface area contributed by atoms with E-state index in [1.165, 1.54) is 12.0 Å². The van der Waals surface area contributed by atoms with E-state index in [1.54, 1.807) is 7.11 Å². The van der Waals surface area contributed by atoms with Crippen LogP contribution in [0.15, 0.2) is 17.0 Å². The lowest BCUT2D eigenvalue weighted by Gasteiger charge is -2.36. The van der Waals surface area contributed by atoms with Crippen LogP contribution in [0.2, 0.25) is 0 Å². The summed E-state index contributed by atoms with van der Waals surface area (Å²) in [5.41, 5.74) is 2.86. The number of benzene rings is 1. The molecule has 0 aromatic heterocycles. The van der Waals surface area contributed by atoms with Gasteiger partial charge < -0.3 is 9.47 Å². The summed E-state index contributed by atoms with van der Waals surface area (Å²) in [5.74, 6) is 0.0301. The SMILES string of the molecule is CCN(CCOC1(OC)CCCCC1)CCOS(=O)(=O)c1c(C(C)C)cc(C(C)C)cc1C(C)C. The Morgan fingerprint density at radius 2 is 1.43 bits per heavy atom. The zero-order chi connectivity index (χ0) is 26.2. The molecular weight excluding hydrogens is 462 g/mol. The quantitative estimate of drug-likeness (QED) is 0.212. The minimum Gasteiger partial charge on any atom is -0.353 e. The highest BCUT2D eigenvalue weighted by Crippen LogP contribution is 2.36. The first-order chi connectivity index (χ1) is 16.5. The smallest absolute Gasteiger partial charge is 0.297 e. The van der Waals surface area contributed by atoms with Crippen molar-refractivity contribution in [3.05, 3.63) is 28.8 Å². The van der Waals surface area contributed by atoms with Gasteiger partial charge in [-0.05, 0) is 53.8 Å². The van der Waals surface area contributed by atoms with Gasteiger partial charge in [0.2, 0.25) is 0 Å². The molecule has 6 nitrogen and oxygen atoms in total. The van der Waals surface area contributed by atoms with E-state index in [0.717, 1.165) is 43.4 Å². The molecule has 0 atom stereocenters. The first kappa shape index (κ1) is 30.2. The van der Waals surface area contributed by atoms with E-state index in [0.29, 0.717) is 30.5 Å². The van der Waals surface area contributed by atoms with Gasteiger partial charge in [-0.3, -0.25) is 9.08 Å². The lowest BCUT2D eigenvalue weighted by molar-refractivity contribution is -0.239. The molecule has 1 fully saturated rings. The zero-order valence-electron chi connectivity index (χ0n) is 23.4. The van der Waals surface area contributed by atoms with E-state index in [2.05, 4.69) is 25.7 Å².